The molecule has 1 saturated carbocycles. The largest absolute Gasteiger partial charge is 0.480 e. The summed E-state index contributed by atoms with van der Waals surface area (Å²) in [6, 6.07) is -0.448. The summed E-state index contributed by atoms with van der Waals surface area (Å²) in [6.45, 7) is 0.610. The van der Waals surface area contributed by atoms with E-state index in [4.69, 9.17) is 0 Å². The van der Waals surface area contributed by atoms with Crippen molar-refractivity contribution in [2.45, 2.75) is 57.0 Å². The summed E-state index contributed by atoms with van der Waals surface area (Å²) in [4.78, 5) is 25.5. The van der Waals surface area contributed by atoms with Crippen LogP contribution in [0.5, 0.6) is 0 Å². The number of hydrogen-bond donors (Lipinski definition) is 2. The highest BCUT2D eigenvalue weighted by molar-refractivity contribution is 5.84. The zero-order valence-corrected chi connectivity index (χ0v) is 11.6. The number of carboxylic acid groups (broad SMARTS) is 1. The first-order valence-electron chi connectivity index (χ1n) is 7.33. The van der Waals surface area contributed by atoms with Gasteiger partial charge in [0.1, 0.15) is 6.04 Å². The molecular formula is C14H24N2O3. The summed E-state index contributed by atoms with van der Waals surface area (Å²) in [5.74, 6) is -0.330. The van der Waals surface area contributed by atoms with E-state index in [1.807, 2.05) is 7.05 Å². The molecule has 1 aliphatic heterocycles. The Bertz CT molecular complexity index is 346. The first-order chi connectivity index (χ1) is 9.15. The number of carbonyl (C=O) groups is 2. The van der Waals surface area contributed by atoms with Crippen molar-refractivity contribution in [2.24, 2.45) is 5.92 Å². The van der Waals surface area contributed by atoms with Gasteiger partial charge >= 0.3 is 5.97 Å². The van der Waals surface area contributed by atoms with E-state index in [-0.39, 0.29) is 11.9 Å². The maximum Gasteiger partial charge on any atom is 0.326 e. The van der Waals surface area contributed by atoms with Gasteiger partial charge in [0.05, 0.1) is 0 Å². The molecule has 2 aliphatic rings. The van der Waals surface area contributed by atoms with E-state index in [1.165, 1.54) is 6.42 Å². The van der Waals surface area contributed by atoms with Gasteiger partial charge in [-0.05, 0) is 38.6 Å². The fraction of sp³-hybridized carbons (Fsp3) is 0.857. The lowest BCUT2D eigenvalue weighted by Gasteiger charge is -2.47. The van der Waals surface area contributed by atoms with E-state index in [2.05, 4.69) is 5.32 Å². The summed E-state index contributed by atoms with van der Waals surface area (Å²) in [5, 5.41) is 12.3. The molecule has 1 saturated heterocycles. The highest BCUT2D eigenvalue weighted by Crippen LogP contribution is 2.38. The van der Waals surface area contributed by atoms with Crippen molar-refractivity contribution < 1.29 is 14.7 Å². The van der Waals surface area contributed by atoms with Gasteiger partial charge < -0.3 is 15.3 Å². The molecule has 0 radical (unpaired) electrons. The van der Waals surface area contributed by atoms with Gasteiger partial charge in [-0.3, -0.25) is 4.79 Å². The Morgan fingerprint density at radius 2 is 1.95 bits per heavy atom. The van der Waals surface area contributed by atoms with Crippen LogP contribution in [0.1, 0.15) is 44.9 Å². The number of nitrogens with zero attached hydrogens (tertiary/aromatic N) is 1. The number of aliphatic carboxylic acids is 1. The molecule has 0 bridgehead atoms. The maximum absolute atomic E-state index is 12.3. The van der Waals surface area contributed by atoms with E-state index < -0.39 is 12.0 Å². The van der Waals surface area contributed by atoms with Gasteiger partial charge in [0, 0.05) is 19.0 Å². The summed E-state index contributed by atoms with van der Waals surface area (Å²) in [6.07, 6.45) is 6.41. The van der Waals surface area contributed by atoms with Crippen LogP contribution in [0.4, 0.5) is 0 Å². The van der Waals surface area contributed by atoms with Crippen LogP contribution in [0.2, 0.25) is 0 Å². The number of nitrogens with one attached hydrogen (secondary N) is 1. The predicted octanol–water partition coefficient (Wildman–Crippen LogP) is 1.23. The molecule has 1 aliphatic carbocycles. The second-order valence-corrected chi connectivity index (χ2v) is 5.70. The highest BCUT2D eigenvalue weighted by atomic mass is 16.4. The van der Waals surface area contributed by atoms with Crippen molar-refractivity contribution in [1.29, 1.82) is 0 Å². The van der Waals surface area contributed by atoms with Crippen LogP contribution in [0.15, 0.2) is 0 Å². The number of hydrogen-bond acceptors (Lipinski definition) is 3. The minimum absolute atomic E-state index is 0.00153. The Hall–Kier alpha value is -1.10. The van der Waals surface area contributed by atoms with E-state index in [9.17, 15) is 14.7 Å². The Labute approximate surface area is 114 Å². The van der Waals surface area contributed by atoms with Crippen molar-refractivity contribution >= 4 is 11.9 Å². The van der Waals surface area contributed by atoms with E-state index >= 15 is 0 Å². The number of amides is 1. The van der Waals surface area contributed by atoms with Crippen molar-refractivity contribution in [3.05, 3.63) is 0 Å². The molecule has 0 aromatic rings. The van der Waals surface area contributed by atoms with Crippen LogP contribution in [0.3, 0.4) is 0 Å². The molecule has 2 N–H and O–H groups in total. The predicted molar refractivity (Wildman–Crippen MR) is 71.8 cm³/mol. The average molecular weight is 268 g/mol. The third-order valence-electron chi connectivity index (χ3n) is 4.53. The van der Waals surface area contributed by atoms with Crippen LogP contribution in [-0.4, -0.2) is 47.6 Å². The van der Waals surface area contributed by atoms with E-state index in [1.54, 1.807) is 4.90 Å². The minimum atomic E-state index is -0.846. The molecule has 2 rings (SSSR count). The fourth-order valence-corrected chi connectivity index (χ4v) is 3.60. The van der Waals surface area contributed by atoms with Crippen LogP contribution >= 0.6 is 0 Å². The molecule has 0 aromatic heterocycles. The molecule has 0 spiro atoms. The number of piperidine rings is 1. The van der Waals surface area contributed by atoms with Gasteiger partial charge in [-0.15, -0.1) is 0 Å². The summed E-state index contributed by atoms with van der Waals surface area (Å²) < 4.78 is 0. The average Bonchev–Trinajstić information content (AvgIpc) is 2.43. The Morgan fingerprint density at radius 3 is 2.63 bits per heavy atom. The maximum atomic E-state index is 12.3. The number of rotatable bonds is 4. The van der Waals surface area contributed by atoms with Crippen molar-refractivity contribution in [2.75, 3.05) is 13.6 Å². The van der Waals surface area contributed by atoms with Crippen molar-refractivity contribution in [3.8, 4) is 0 Å². The van der Waals surface area contributed by atoms with Crippen LogP contribution < -0.4 is 5.32 Å². The molecule has 1 heterocycles. The molecule has 2 fully saturated rings. The SMILES string of the molecule is CNCCC(=O)N1C(C(=O)O)CCC2CCCCC21. The Balaban J connectivity index is 2.14. The monoisotopic (exact) mass is 268 g/mol. The Kier molecular flexibility index (Phi) is 4.80. The zero-order chi connectivity index (χ0) is 13.8. The Morgan fingerprint density at radius 1 is 1.21 bits per heavy atom. The third-order valence-corrected chi connectivity index (χ3v) is 4.53. The minimum Gasteiger partial charge on any atom is -0.480 e. The molecule has 5 nitrogen and oxygen atoms in total. The molecule has 0 aromatic carbocycles. The lowest BCUT2D eigenvalue weighted by molar-refractivity contribution is -0.158. The molecule has 1 amide bonds. The molecule has 5 heteroatoms. The molecule has 19 heavy (non-hydrogen) atoms. The third kappa shape index (κ3) is 3.08. The number of carbonyl (C=O) groups excluding carboxylic acids is 1. The van der Waals surface area contributed by atoms with Gasteiger partial charge in [0.15, 0.2) is 0 Å². The first-order valence-corrected chi connectivity index (χ1v) is 7.33. The standard InChI is InChI=1S/C14H24N2O3/c1-15-9-8-13(17)16-11-5-3-2-4-10(11)6-7-12(16)14(18)19/h10-12,15H,2-9H2,1H3,(H,18,19). The quantitative estimate of drug-likeness (QED) is 0.804. The summed E-state index contributed by atoms with van der Waals surface area (Å²) in [5.41, 5.74) is 0. The smallest absolute Gasteiger partial charge is 0.326 e. The van der Waals surface area contributed by atoms with Crippen LogP contribution in [0.25, 0.3) is 0 Å². The zero-order valence-electron chi connectivity index (χ0n) is 11.6. The second kappa shape index (κ2) is 6.37. The van der Waals surface area contributed by atoms with Crippen LogP contribution in [0, 0.1) is 5.92 Å². The van der Waals surface area contributed by atoms with Crippen LogP contribution in [-0.2, 0) is 9.59 Å². The van der Waals surface area contributed by atoms with E-state index in [0.717, 1.165) is 25.7 Å². The molecule has 108 valence electrons. The molecule has 3 atom stereocenters. The number of carboxylic acids is 1. The van der Waals surface area contributed by atoms with Gasteiger partial charge in [-0.25, -0.2) is 4.79 Å². The van der Waals surface area contributed by atoms with Gasteiger partial charge in [-0.1, -0.05) is 12.8 Å². The topological polar surface area (TPSA) is 69.6 Å². The van der Waals surface area contributed by atoms with Gasteiger partial charge in [0.2, 0.25) is 5.91 Å². The summed E-state index contributed by atoms with van der Waals surface area (Å²) in [7, 11) is 1.81. The summed E-state index contributed by atoms with van der Waals surface area (Å²) >= 11 is 0. The first kappa shape index (κ1) is 14.3. The fourth-order valence-electron chi connectivity index (χ4n) is 3.60. The normalized spacial score (nSPS) is 30.8. The number of likely N-dealkylation sites (tertiary alicyclic amines) is 1. The lowest BCUT2D eigenvalue weighted by atomic mass is 9.76. The van der Waals surface area contributed by atoms with Crippen molar-refractivity contribution in [3.63, 3.8) is 0 Å². The highest BCUT2D eigenvalue weighted by Gasteiger charge is 2.43. The van der Waals surface area contributed by atoms with Gasteiger partial charge in [0.25, 0.3) is 0 Å². The second-order valence-electron chi connectivity index (χ2n) is 5.70. The van der Waals surface area contributed by atoms with Gasteiger partial charge in [-0.2, -0.15) is 0 Å². The van der Waals surface area contributed by atoms with E-state index in [0.29, 0.717) is 25.3 Å². The lowest BCUT2D eigenvalue weighted by Crippen LogP contribution is -2.57. The van der Waals surface area contributed by atoms with Crippen molar-refractivity contribution in [1.82, 2.24) is 10.2 Å². The molecule has 3 unspecified atom stereocenters. The molecular weight excluding hydrogens is 244 g/mol. The number of fused-ring (bicyclic) bond motifs is 1.